The highest BCUT2D eigenvalue weighted by atomic mass is 14.8. The van der Waals surface area contributed by atoms with Gasteiger partial charge >= 0.3 is 0 Å². The Hall–Kier alpha value is -0.890. The Morgan fingerprint density at radius 3 is 3.00 bits per heavy atom. The molecule has 3 atom stereocenters. The molecule has 0 aliphatic heterocycles. The van der Waals surface area contributed by atoms with Crippen molar-refractivity contribution in [1.82, 2.24) is 10.3 Å². The number of nitrogens with zero attached hydrogens (tertiary/aromatic N) is 1. The van der Waals surface area contributed by atoms with Crippen LogP contribution >= 0.6 is 0 Å². The zero-order valence-corrected chi connectivity index (χ0v) is 12.1. The summed E-state index contributed by atoms with van der Waals surface area (Å²) in [4.78, 5) is 4.75. The summed E-state index contributed by atoms with van der Waals surface area (Å²) >= 11 is 0. The van der Waals surface area contributed by atoms with Gasteiger partial charge in [0.05, 0.1) is 0 Å². The van der Waals surface area contributed by atoms with Gasteiger partial charge in [-0.25, -0.2) is 0 Å². The number of rotatable bonds is 3. The Kier molecular flexibility index (Phi) is 4.17. The van der Waals surface area contributed by atoms with E-state index in [0.29, 0.717) is 0 Å². The lowest BCUT2D eigenvalue weighted by molar-refractivity contribution is 0.184. The van der Waals surface area contributed by atoms with Crippen LogP contribution in [0.1, 0.15) is 55.7 Å². The Bertz CT molecular complexity index is 413. The van der Waals surface area contributed by atoms with Crippen LogP contribution < -0.4 is 5.32 Å². The van der Waals surface area contributed by atoms with Gasteiger partial charge < -0.3 is 5.32 Å². The first-order valence-corrected chi connectivity index (χ1v) is 7.98. The summed E-state index contributed by atoms with van der Waals surface area (Å²) in [5.74, 6) is 2.44. The highest BCUT2D eigenvalue weighted by Crippen LogP contribution is 2.44. The molecule has 1 aromatic rings. The third-order valence-corrected chi connectivity index (χ3v) is 5.19. The Labute approximate surface area is 117 Å². The largest absolute Gasteiger partial charge is 0.319 e. The molecule has 2 heteroatoms. The van der Waals surface area contributed by atoms with Gasteiger partial charge in [-0.3, -0.25) is 4.98 Å². The fourth-order valence-corrected chi connectivity index (χ4v) is 4.34. The average molecular weight is 258 g/mol. The third kappa shape index (κ3) is 2.69. The molecule has 3 unspecified atom stereocenters. The second-order valence-electron chi connectivity index (χ2n) is 6.31. The zero-order chi connectivity index (χ0) is 13.1. The minimum Gasteiger partial charge on any atom is -0.319 e. The molecule has 1 heterocycles. The molecule has 0 radical (unpaired) electrons. The summed E-state index contributed by atoms with van der Waals surface area (Å²) in [6.07, 6.45) is 11.6. The maximum Gasteiger partial charge on any atom is 0.0469 e. The first-order chi connectivity index (χ1) is 9.40. The van der Waals surface area contributed by atoms with Crippen molar-refractivity contribution in [2.24, 2.45) is 11.8 Å². The van der Waals surface area contributed by atoms with Crippen LogP contribution in [0.4, 0.5) is 0 Å². The monoisotopic (exact) mass is 258 g/mol. The van der Waals surface area contributed by atoms with Gasteiger partial charge in [0.1, 0.15) is 0 Å². The fraction of sp³-hybridized carbons (Fsp3) is 0.706. The van der Waals surface area contributed by atoms with Gasteiger partial charge in [-0.15, -0.1) is 0 Å². The van der Waals surface area contributed by atoms with E-state index in [4.69, 9.17) is 4.98 Å². The first-order valence-electron chi connectivity index (χ1n) is 7.98. The van der Waals surface area contributed by atoms with Crippen molar-refractivity contribution in [3.63, 3.8) is 0 Å². The van der Waals surface area contributed by atoms with E-state index >= 15 is 0 Å². The minimum absolute atomic E-state index is 0.726. The van der Waals surface area contributed by atoms with E-state index in [1.165, 1.54) is 62.7 Å². The molecule has 2 nitrogen and oxygen atoms in total. The van der Waals surface area contributed by atoms with Crippen molar-refractivity contribution >= 4 is 0 Å². The molecule has 1 saturated carbocycles. The van der Waals surface area contributed by atoms with Gasteiger partial charge in [-0.05, 0) is 69.2 Å². The quantitative estimate of drug-likeness (QED) is 0.897. The van der Waals surface area contributed by atoms with Gasteiger partial charge in [-0.2, -0.15) is 0 Å². The predicted molar refractivity (Wildman–Crippen MR) is 79.3 cm³/mol. The molecule has 0 spiro atoms. The number of pyridine rings is 1. The number of aromatic nitrogens is 1. The zero-order valence-electron chi connectivity index (χ0n) is 12.1. The maximum absolute atomic E-state index is 4.75. The van der Waals surface area contributed by atoms with Crippen molar-refractivity contribution in [3.8, 4) is 0 Å². The second kappa shape index (κ2) is 6.04. The van der Waals surface area contributed by atoms with Crippen molar-refractivity contribution in [3.05, 3.63) is 29.6 Å². The van der Waals surface area contributed by atoms with E-state index in [1.54, 1.807) is 0 Å². The van der Waals surface area contributed by atoms with Crippen LogP contribution in [0.25, 0.3) is 0 Å². The van der Waals surface area contributed by atoms with Crippen LogP contribution in [-0.4, -0.2) is 18.6 Å². The van der Waals surface area contributed by atoms with Gasteiger partial charge in [0, 0.05) is 17.8 Å². The smallest absolute Gasteiger partial charge is 0.0469 e. The Morgan fingerprint density at radius 1 is 1.21 bits per heavy atom. The van der Waals surface area contributed by atoms with Crippen molar-refractivity contribution in [2.45, 2.75) is 50.9 Å². The number of hydrogen-bond acceptors (Lipinski definition) is 2. The van der Waals surface area contributed by atoms with Crippen molar-refractivity contribution in [2.75, 3.05) is 13.6 Å². The first kappa shape index (κ1) is 13.1. The SMILES string of the molecule is CNCC1CCCCC1C1CCCc2cccnc21. The van der Waals surface area contributed by atoms with Crippen LogP contribution in [0.15, 0.2) is 18.3 Å². The number of aryl methyl sites for hydroxylation is 1. The molecule has 0 bridgehead atoms. The third-order valence-electron chi connectivity index (χ3n) is 5.19. The molecule has 0 saturated heterocycles. The minimum atomic E-state index is 0.726. The summed E-state index contributed by atoms with van der Waals surface area (Å²) in [7, 11) is 2.10. The summed E-state index contributed by atoms with van der Waals surface area (Å²) in [5.41, 5.74) is 2.95. The summed E-state index contributed by atoms with van der Waals surface area (Å²) in [6, 6.07) is 4.40. The van der Waals surface area contributed by atoms with Gasteiger partial charge in [0.2, 0.25) is 0 Å². The standard InChI is InChI=1S/C17H26N2/c1-18-12-14-6-2-3-9-15(14)16-10-4-7-13-8-5-11-19-17(13)16/h5,8,11,14-16,18H,2-4,6-7,9-10,12H2,1H3. The number of fused-ring (bicyclic) bond motifs is 1. The molecule has 0 amide bonds. The van der Waals surface area contributed by atoms with Gasteiger partial charge in [0.25, 0.3) is 0 Å². The molecule has 104 valence electrons. The molecule has 1 aromatic heterocycles. The number of hydrogen-bond donors (Lipinski definition) is 1. The van der Waals surface area contributed by atoms with E-state index in [-0.39, 0.29) is 0 Å². The molecule has 1 N–H and O–H groups in total. The van der Waals surface area contributed by atoms with E-state index < -0.39 is 0 Å². The molecule has 1 fully saturated rings. The Balaban J connectivity index is 1.84. The molecule has 2 aliphatic carbocycles. The average Bonchev–Trinajstić information content (AvgIpc) is 2.48. The van der Waals surface area contributed by atoms with E-state index in [2.05, 4.69) is 24.5 Å². The topological polar surface area (TPSA) is 24.9 Å². The second-order valence-corrected chi connectivity index (χ2v) is 6.31. The van der Waals surface area contributed by atoms with E-state index in [9.17, 15) is 0 Å². The fourth-order valence-electron chi connectivity index (χ4n) is 4.34. The lowest BCUT2D eigenvalue weighted by Gasteiger charge is -2.39. The normalized spacial score (nSPS) is 30.9. The van der Waals surface area contributed by atoms with Crippen molar-refractivity contribution < 1.29 is 0 Å². The van der Waals surface area contributed by atoms with Gasteiger partial charge in [0.15, 0.2) is 0 Å². The molecule has 19 heavy (non-hydrogen) atoms. The molecule has 3 rings (SSSR count). The summed E-state index contributed by atoms with van der Waals surface area (Å²) in [6.45, 7) is 1.18. The maximum atomic E-state index is 4.75. The van der Waals surface area contributed by atoms with Gasteiger partial charge in [-0.1, -0.05) is 18.9 Å². The van der Waals surface area contributed by atoms with Crippen LogP contribution in [0.5, 0.6) is 0 Å². The molecule has 2 aliphatic rings. The van der Waals surface area contributed by atoms with Crippen molar-refractivity contribution in [1.29, 1.82) is 0 Å². The van der Waals surface area contributed by atoms with E-state index in [1.807, 2.05) is 6.20 Å². The summed E-state index contributed by atoms with van der Waals surface area (Å²) in [5, 5.41) is 3.41. The molecule has 0 aromatic carbocycles. The lowest BCUT2D eigenvalue weighted by atomic mass is 9.67. The Morgan fingerprint density at radius 2 is 2.11 bits per heavy atom. The highest BCUT2D eigenvalue weighted by molar-refractivity contribution is 5.27. The van der Waals surface area contributed by atoms with Crippen LogP contribution in [0.2, 0.25) is 0 Å². The van der Waals surface area contributed by atoms with Crippen LogP contribution in [0.3, 0.4) is 0 Å². The summed E-state index contributed by atoms with van der Waals surface area (Å²) < 4.78 is 0. The van der Waals surface area contributed by atoms with Crippen LogP contribution in [0, 0.1) is 11.8 Å². The highest BCUT2D eigenvalue weighted by Gasteiger charge is 2.35. The molecular formula is C17H26N2. The van der Waals surface area contributed by atoms with Crippen LogP contribution in [-0.2, 0) is 6.42 Å². The van der Waals surface area contributed by atoms with E-state index in [0.717, 1.165) is 17.8 Å². The predicted octanol–water partition coefficient (Wildman–Crippen LogP) is 3.53. The lowest BCUT2D eigenvalue weighted by Crippen LogP contribution is -2.34. The number of nitrogens with one attached hydrogen (secondary N) is 1. The molecular weight excluding hydrogens is 232 g/mol.